The van der Waals surface area contributed by atoms with E-state index in [1.807, 2.05) is 30.3 Å². The Hall–Kier alpha value is -1.51. The third kappa shape index (κ3) is 2.18. The maximum absolute atomic E-state index is 5.89. The number of halogens is 1. The Morgan fingerprint density at radius 2 is 1.88 bits per heavy atom. The van der Waals surface area contributed by atoms with Crippen molar-refractivity contribution >= 4 is 17.3 Å². The lowest BCUT2D eigenvalue weighted by atomic mass is 10.0. The zero-order valence-corrected chi connectivity index (χ0v) is 9.46. The first-order valence-electron chi connectivity index (χ1n) is 4.97. The van der Waals surface area contributed by atoms with E-state index in [2.05, 4.69) is 6.07 Å². The van der Waals surface area contributed by atoms with Crippen molar-refractivity contribution in [2.75, 3.05) is 5.73 Å². The van der Waals surface area contributed by atoms with Gasteiger partial charge in [-0.25, -0.2) is 0 Å². The summed E-state index contributed by atoms with van der Waals surface area (Å²) in [5.41, 5.74) is 15.2. The number of nitrogen functional groups attached to an aromatic ring is 1. The summed E-state index contributed by atoms with van der Waals surface area (Å²) in [6.45, 7) is 0.437. The number of nitrogens with two attached hydrogens (primary N) is 2. The molecule has 0 aliphatic carbocycles. The summed E-state index contributed by atoms with van der Waals surface area (Å²) in [6.07, 6.45) is 0. The Labute approximate surface area is 99.8 Å². The molecule has 16 heavy (non-hydrogen) atoms. The van der Waals surface area contributed by atoms with Gasteiger partial charge in [0.05, 0.1) is 0 Å². The standard InChI is InChI=1S/C13H12ClN2/c14-12-3-1-2-9(7-12)10-4-5-13(16)11(6-10)8-15/h1-2,4-7H,8,15-16H2. The van der Waals surface area contributed by atoms with Crippen LogP contribution in [0.2, 0.25) is 5.02 Å². The first kappa shape index (κ1) is 11.0. The van der Waals surface area contributed by atoms with Crippen molar-refractivity contribution in [2.45, 2.75) is 6.54 Å². The summed E-state index contributed by atoms with van der Waals surface area (Å²) in [7, 11) is 0. The average molecular weight is 232 g/mol. The molecule has 0 aliphatic heterocycles. The quantitative estimate of drug-likeness (QED) is 0.781. The van der Waals surface area contributed by atoms with Crippen LogP contribution in [0.1, 0.15) is 5.56 Å². The van der Waals surface area contributed by atoms with E-state index < -0.39 is 0 Å². The lowest BCUT2D eigenvalue weighted by Crippen LogP contribution is -2.01. The van der Waals surface area contributed by atoms with Crippen molar-refractivity contribution in [1.29, 1.82) is 0 Å². The predicted octanol–water partition coefficient (Wildman–Crippen LogP) is 2.85. The topological polar surface area (TPSA) is 52.0 Å². The fourth-order valence-corrected chi connectivity index (χ4v) is 1.76. The van der Waals surface area contributed by atoms with Crippen LogP contribution in [0, 0.1) is 6.07 Å². The number of hydrogen-bond acceptors (Lipinski definition) is 2. The number of benzene rings is 2. The zero-order chi connectivity index (χ0) is 11.5. The summed E-state index contributed by atoms with van der Waals surface area (Å²) in [5.74, 6) is 0. The van der Waals surface area contributed by atoms with E-state index in [0.717, 1.165) is 22.4 Å². The molecule has 0 fully saturated rings. The van der Waals surface area contributed by atoms with E-state index in [4.69, 9.17) is 23.1 Å². The molecule has 0 heterocycles. The van der Waals surface area contributed by atoms with Gasteiger partial charge in [-0.15, -0.1) is 0 Å². The summed E-state index contributed by atoms with van der Waals surface area (Å²) < 4.78 is 0. The third-order valence-corrected chi connectivity index (χ3v) is 2.68. The van der Waals surface area contributed by atoms with E-state index in [1.54, 1.807) is 6.07 Å². The Kier molecular flexibility index (Phi) is 3.13. The normalized spacial score (nSPS) is 10.4. The van der Waals surface area contributed by atoms with Gasteiger partial charge in [0.25, 0.3) is 0 Å². The Balaban J connectivity index is 2.48. The second-order valence-electron chi connectivity index (χ2n) is 3.54. The molecule has 2 aromatic rings. The van der Waals surface area contributed by atoms with Crippen LogP contribution < -0.4 is 11.5 Å². The molecule has 0 amide bonds. The van der Waals surface area contributed by atoms with E-state index >= 15 is 0 Å². The minimum absolute atomic E-state index is 0.437. The van der Waals surface area contributed by atoms with Crippen LogP contribution in [0.25, 0.3) is 11.1 Å². The molecule has 3 heteroatoms. The molecule has 81 valence electrons. The second-order valence-corrected chi connectivity index (χ2v) is 3.95. The molecule has 2 nitrogen and oxygen atoms in total. The molecule has 0 aromatic heterocycles. The van der Waals surface area contributed by atoms with Gasteiger partial charge >= 0.3 is 0 Å². The Morgan fingerprint density at radius 1 is 1.12 bits per heavy atom. The molecule has 4 N–H and O–H groups in total. The number of rotatable bonds is 2. The van der Waals surface area contributed by atoms with Crippen LogP contribution in [0.15, 0.2) is 36.4 Å². The van der Waals surface area contributed by atoms with Gasteiger partial charge in [0.2, 0.25) is 0 Å². The first-order chi connectivity index (χ1) is 7.70. The van der Waals surface area contributed by atoms with Gasteiger partial charge in [0, 0.05) is 23.3 Å². The monoisotopic (exact) mass is 231 g/mol. The van der Waals surface area contributed by atoms with Gasteiger partial charge in [-0.1, -0.05) is 29.8 Å². The average Bonchev–Trinajstić information content (AvgIpc) is 2.29. The number of anilines is 1. The molecule has 1 radical (unpaired) electrons. The molecule has 2 aromatic carbocycles. The summed E-state index contributed by atoms with van der Waals surface area (Å²) in [4.78, 5) is 0. The van der Waals surface area contributed by atoms with Gasteiger partial charge in [-0.05, 0) is 34.9 Å². The summed E-state index contributed by atoms with van der Waals surface area (Å²) in [5, 5.41) is 0.601. The van der Waals surface area contributed by atoms with Crippen molar-refractivity contribution < 1.29 is 0 Å². The smallest absolute Gasteiger partial charge is 0.0491 e. The highest BCUT2D eigenvalue weighted by Crippen LogP contribution is 2.25. The lowest BCUT2D eigenvalue weighted by molar-refractivity contribution is 1.08. The Bertz CT molecular complexity index is 509. The molecule has 0 spiro atoms. The van der Waals surface area contributed by atoms with Crippen molar-refractivity contribution in [3.8, 4) is 11.1 Å². The van der Waals surface area contributed by atoms with E-state index in [1.165, 1.54) is 0 Å². The molecule has 0 bridgehead atoms. The van der Waals surface area contributed by atoms with Gasteiger partial charge in [0.15, 0.2) is 0 Å². The fourth-order valence-electron chi connectivity index (χ4n) is 1.58. The third-order valence-electron chi connectivity index (χ3n) is 2.46. The van der Waals surface area contributed by atoms with Crippen molar-refractivity contribution in [3.05, 3.63) is 53.1 Å². The van der Waals surface area contributed by atoms with Crippen LogP contribution in [-0.2, 0) is 6.54 Å². The molecule has 0 saturated heterocycles. The minimum Gasteiger partial charge on any atom is -0.398 e. The molecule has 0 atom stereocenters. The van der Waals surface area contributed by atoms with Gasteiger partial charge in [0.1, 0.15) is 0 Å². The molecule has 2 rings (SSSR count). The highest BCUT2D eigenvalue weighted by atomic mass is 35.5. The first-order valence-corrected chi connectivity index (χ1v) is 5.34. The van der Waals surface area contributed by atoms with Crippen LogP contribution >= 0.6 is 11.6 Å². The predicted molar refractivity (Wildman–Crippen MR) is 68.0 cm³/mol. The Morgan fingerprint density at radius 3 is 2.56 bits per heavy atom. The maximum Gasteiger partial charge on any atom is 0.0491 e. The van der Waals surface area contributed by atoms with Gasteiger partial charge in [-0.2, -0.15) is 0 Å². The van der Waals surface area contributed by atoms with Crippen LogP contribution in [0.3, 0.4) is 0 Å². The molecular weight excluding hydrogens is 220 g/mol. The van der Waals surface area contributed by atoms with Crippen LogP contribution in [0.5, 0.6) is 0 Å². The highest BCUT2D eigenvalue weighted by Gasteiger charge is 2.02. The molecule has 0 saturated carbocycles. The van der Waals surface area contributed by atoms with Crippen molar-refractivity contribution in [2.24, 2.45) is 5.73 Å². The summed E-state index contributed by atoms with van der Waals surface area (Å²) >= 11 is 5.89. The second kappa shape index (κ2) is 4.56. The highest BCUT2D eigenvalue weighted by molar-refractivity contribution is 6.30. The van der Waals surface area contributed by atoms with E-state index in [9.17, 15) is 0 Å². The van der Waals surface area contributed by atoms with Crippen molar-refractivity contribution in [3.63, 3.8) is 0 Å². The maximum atomic E-state index is 5.89. The molecular formula is C13H12ClN2. The zero-order valence-electron chi connectivity index (χ0n) is 8.70. The largest absolute Gasteiger partial charge is 0.398 e. The lowest BCUT2D eigenvalue weighted by Gasteiger charge is -2.07. The van der Waals surface area contributed by atoms with Gasteiger partial charge < -0.3 is 11.5 Å². The van der Waals surface area contributed by atoms with Crippen LogP contribution in [-0.4, -0.2) is 0 Å². The van der Waals surface area contributed by atoms with Gasteiger partial charge in [-0.3, -0.25) is 0 Å². The van der Waals surface area contributed by atoms with E-state index in [0.29, 0.717) is 11.6 Å². The SMILES string of the molecule is NCc1cc(-c2cc[c]c(Cl)c2)ccc1N. The minimum atomic E-state index is 0.437. The number of hydrogen-bond donors (Lipinski definition) is 2. The summed E-state index contributed by atoms with van der Waals surface area (Å²) in [6, 6.07) is 14.3. The van der Waals surface area contributed by atoms with Crippen LogP contribution in [0.4, 0.5) is 5.69 Å². The molecule has 0 unspecified atom stereocenters. The van der Waals surface area contributed by atoms with Crippen molar-refractivity contribution in [1.82, 2.24) is 0 Å². The van der Waals surface area contributed by atoms with E-state index in [-0.39, 0.29) is 0 Å². The molecule has 0 aliphatic rings. The fraction of sp³-hybridized carbons (Fsp3) is 0.0769.